The predicted octanol–water partition coefficient (Wildman–Crippen LogP) is 3.26. The van der Waals surface area contributed by atoms with Gasteiger partial charge >= 0.3 is 0 Å². The van der Waals surface area contributed by atoms with Gasteiger partial charge in [-0.1, -0.05) is 12.1 Å². The highest BCUT2D eigenvalue weighted by atomic mass is 32.1. The van der Waals surface area contributed by atoms with Crippen LogP contribution in [0.1, 0.15) is 16.1 Å². The lowest BCUT2D eigenvalue weighted by atomic mass is 10.1. The van der Waals surface area contributed by atoms with Gasteiger partial charge < -0.3 is 4.74 Å². The molecule has 0 saturated carbocycles. The van der Waals surface area contributed by atoms with Gasteiger partial charge in [-0.15, -0.1) is 11.3 Å². The van der Waals surface area contributed by atoms with Gasteiger partial charge in [-0.05, 0) is 31.0 Å². The maximum absolute atomic E-state index is 5.38. The molecule has 1 aromatic carbocycles. The highest BCUT2D eigenvalue weighted by molar-refractivity contribution is 7.09. The van der Waals surface area contributed by atoms with E-state index in [1.54, 1.807) is 11.3 Å². The van der Waals surface area contributed by atoms with Crippen molar-refractivity contribution in [3.63, 3.8) is 0 Å². The Morgan fingerprint density at radius 1 is 1.20 bits per heavy atom. The highest BCUT2D eigenvalue weighted by Gasteiger charge is 2.13. The van der Waals surface area contributed by atoms with E-state index in [1.165, 1.54) is 21.7 Å². The number of rotatable bonds is 3. The van der Waals surface area contributed by atoms with E-state index in [0.29, 0.717) is 0 Å². The molecule has 3 nitrogen and oxygen atoms in total. The smallest absolute Gasteiger partial charge is 0.107 e. The van der Waals surface area contributed by atoms with E-state index in [9.17, 15) is 0 Å². The Morgan fingerprint density at radius 2 is 2.00 bits per heavy atom. The summed E-state index contributed by atoms with van der Waals surface area (Å²) >= 11 is 1.75. The van der Waals surface area contributed by atoms with Gasteiger partial charge in [-0.2, -0.15) is 0 Å². The molecule has 1 aromatic heterocycles. The van der Waals surface area contributed by atoms with Crippen LogP contribution in [0.2, 0.25) is 0 Å². The van der Waals surface area contributed by atoms with Crippen molar-refractivity contribution in [2.75, 3.05) is 26.3 Å². The molecule has 0 unspecified atom stereocenters. The lowest BCUT2D eigenvalue weighted by Gasteiger charge is -2.25. The zero-order valence-electron chi connectivity index (χ0n) is 12.1. The fourth-order valence-electron chi connectivity index (χ4n) is 2.37. The van der Waals surface area contributed by atoms with Crippen LogP contribution in [-0.4, -0.2) is 36.2 Å². The Morgan fingerprint density at radius 3 is 2.75 bits per heavy atom. The van der Waals surface area contributed by atoms with E-state index in [2.05, 4.69) is 42.3 Å². The largest absolute Gasteiger partial charge is 0.379 e. The van der Waals surface area contributed by atoms with E-state index in [-0.39, 0.29) is 0 Å². The third-order valence-electron chi connectivity index (χ3n) is 3.82. The van der Waals surface area contributed by atoms with Gasteiger partial charge in [0.25, 0.3) is 0 Å². The average Bonchev–Trinajstić information content (AvgIpc) is 2.91. The van der Waals surface area contributed by atoms with Gasteiger partial charge in [0.2, 0.25) is 0 Å². The molecule has 2 heterocycles. The fraction of sp³-hybridized carbons (Fsp3) is 0.438. The van der Waals surface area contributed by atoms with E-state index in [1.807, 2.05) is 0 Å². The first-order valence-corrected chi connectivity index (χ1v) is 7.92. The number of aromatic nitrogens is 1. The second kappa shape index (κ2) is 6.04. The number of benzene rings is 1. The molecule has 3 rings (SSSR count). The van der Waals surface area contributed by atoms with Crippen molar-refractivity contribution in [1.82, 2.24) is 9.88 Å². The number of hydrogen-bond acceptors (Lipinski definition) is 4. The fourth-order valence-corrected chi connectivity index (χ4v) is 3.21. The van der Waals surface area contributed by atoms with Crippen molar-refractivity contribution in [2.45, 2.75) is 20.4 Å². The molecule has 1 saturated heterocycles. The molecule has 0 aliphatic carbocycles. The molecule has 20 heavy (non-hydrogen) atoms. The molecule has 0 N–H and O–H groups in total. The first-order chi connectivity index (χ1) is 9.72. The van der Waals surface area contributed by atoms with Crippen molar-refractivity contribution in [3.05, 3.63) is 39.7 Å². The van der Waals surface area contributed by atoms with Gasteiger partial charge in [-0.3, -0.25) is 4.90 Å². The molecule has 1 aliphatic heterocycles. The topological polar surface area (TPSA) is 25.4 Å². The van der Waals surface area contributed by atoms with E-state index < -0.39 is 0 Å². The van der Waals surface area contributed by atoms with E-state index in [4.69, 9.17) is 9.72 Å². The molecular weight excluding hydrogens is 268 g/mol. The van der Waals surface area contributed by atoms with E-state index in [0.717, 1.165) is 38.5 Å². The van der Waals surface area contributed by atoms with Crippen molar-refractivity contribution >= 4 is 11.3 Å². The minimum Gasteiger partial charge on any atom is -0.379 e. The van der Waals surface area contributed by atoms with Gasteiger partial charge in [0.1, 0.15) is 5.01 Å². The molecule has 0 bridgehead atoms. The Kier molecular flexibility index (Phi) is 4.15. The maximum Gasteiger partial charge on any atom is 0.107 e. The minimum atomic E-state index is 0.843. The van der Waals surface area contributed by atoms with Crippen molar-refractivity contribution in [2.24, 2.45) is 0 Å². The number of nitrogens with zero attached hydrogens (tertiary/aromatic N) is 2. The van der Waals surface area contributed by atoms with Crippen LogP contribution < -0.4 is 0 Å². The van der Waals surface area contributed by atoms with Crippen LogP contribution in [0, 0.1) is 13.8 Å². The second-order valence-electron chi connectivity index (χ2n) is 5.31. The lowest BCUT2D eigenvalue weighted by Crippen LogP contribution is -2.35. The maximum atomic E-state index is 5.38. The minimum absolute atomic E-state index is 0.843. The lowest BCUT2D eigenvalue weighted by molar-refractivity contribution is 0.0342. The quantitative estimate of drug-likeness (QED) is 0.867. The molecule has 4 heteroatoms. The second-order valence-corrected chi connectivity index (χ2v) is 6.26. The molecule has 0 spiro atoms. The van der Waals surface area contributed by atoms with Gasteiger partial charge in [-0.25, -0.2) is 4.98 Å². The summed E-state index contributed by atoms with van der Waals surface area (Å²) < 4.78 is 5.38. The summed E-state index contributed by atoms with van der Waals surface area (Å²) in [6, 6.07) is 6.56. The van der Waals surface area contributed by atoms with Crippen LogP contribution in [0.4, 0.5) is 0 Å². The molecule has 106 valence electrons. The first-order valence-electron chi connectivity index (χ1n) is 7.04. The zero-order chi connectivity index (χ0) is 13.9. The summed E-state index contributed by atoms with van der Waals surface area (Å²) in [6.07, 6.45) is 0. The number of hydrogen-bond donors (Lipinski definition) is 0. The average molecular weight is 288 g/mol. The van der Waals surface area contributed by atoms with Crippen molar-refractivity contribution in [3.8, 4) is 11.3 Å². The SMILES string of the molecule is Cc1ccc(-c2csc(CN3CCOCC3)n2)cc1C. The van der Waals surface area contributed by atoms with Crippen LogP contribution in [0.25, 0.3) is 11.3 Å². The van der Waals surface area contributed by atoms with Gasteiger partial charge in [0.05, 0.1) is 25.5 Å². The van der Waals surface area contributed by atoms with Crippen LogP contribution in [0.3, 0.4) is 0 Å². The van der Waals surface area contributed by atoms with Crippen molar-refractivity contribution < 1.29 is 4.74 Å². The summed E-state index contributed by atoms with van der Waals surface area (Å²) in [5.74, 6) is 0. The molecule has 0 radical (unpaired) electrons. The summed E-state index contributed by atoms with van der Waals surface area (Å²) in [5, 5.41) is 3.36. The van der Waals surface area contributed by atoms with Gasteiger partial charge in [0, 0.05) is 24.0 Å². The number of aryl methyl sites for hydroxylation is 2. The van der Waals surface area contributed by atoms with Crippen LogP contribution >= 0.6 is 11.3 Å². The highest BCUT2D eigenvalue weighted by Crippen LogP contribution is 2.24. The summed E-state index contributed by atoms with van der Waals surface area (Å²) in [6.45, 7) is 8.95. The molecule has 2 aromatic rings. The van der Waals surface area contributed by atoms with Crippen LogP contribution in [0.5, 0.6) is 0 Å². The summed E-state index contributed by atoms with van der Waals surface area (Å²) in [4.78, 5) is 7.19. The third-order valence-corrected chi connectivity index (χ3v) is 4.65. The van der Waals surface area contributed by atoms with Crippen LogP contribution in [-0.2, 0) is 11.3 Å². The summed E-state index contributed by atoms with van der Waals surface area (Å²) in [7, 11) is 0. The molecule has 1 fully saturated rings. The molecule has 0 amide bonds. The predicted molar refractivity (Wildman–Crippen MR) is 83.1 cm³/mol. The van der Waals surface area contributed by atoms with Crippen molar-refractivity contribution in [1.29, 1.82) is 0 Å². The monoisotopic (exact) mass is 288 g/mol. The summed E-state index contributed by atoms with van der Waals surface area (Å²) in [5.41, 5.74) is 4.97. The zero-order valence-corrected chi connectivity index (χ0v) is 12.9. The Hall–Kier alpha value is -1.23. The normalized spacial score (nSPS) is 16.5. The number of thiazole rings is 1. The molecular formula is C16H20N2OS. The molecule has 0 atom stereocenters. The van der Waals surface area contributed by atoms with Gasteiger partial charge in [0.15, 0.2) is 0 Å². The third kappa shape index (κ3) is 3.08. The first kappa shape index (κ1) is 13.7. The standard InChI is InChI=1S/C16H20N2OS/c1-12-3-4-14(9-13(12)2)15-11-20-16(17-15)10-18-5-7-19-8-6-18/h3-4,9,11H,5-8,10H2,1-2H3. The van der Waals surface area contributed by atoms with Crippen LogP contribution in [0.15, 0.2) is 23.6 Å². The number of morpholine rings is 1. The Labute approximate surface area is 124 Å². The Bertz CT molecular complexity index is 588. The van der Waals surface area contributed by atoms with E-state index >= 15 is 0 Å². The Balaban J connectivity index is 1.73. The number of ether oxygens (including phenoxy) is 1. The molecule has 1 aliphatic rings.